The van der Waals surface area contributed by atoms with Gasteiger partial charge < -0.3 is 14.6 Å². The van der Waals surface area contributed by atoms with Gasteiger partial charge in [0.15, 0.2) is 6.29 Å². The molecule has 4 nitrogen and oxygen atoms in total. The van der Waals surface area contributed by atoms with Crippen LogP contribution in [0.1, 0.15) is 17.3 Å². The summed E-state index contributed by atoms with van der Waals surface area (Å²) in [5.41, 5.74) is 0.614. The molecule has 0 amide bonds. The molecule has 0 bridgehead atoms. The fourth-order valence-corrected chi connectivity index (χ4v) is 1.02. The van der Waals surface area contributed by atoms with Crippen LogP contribution in [-0.4, -0.2) is 30.9 Å². The minimum atomic E-state index is -0.772. The molecule has 1 unspecified atom stereocenters. The van der Waals surface area contributed by atoms with Gasteiger partial charge >= 0.3 is 0 Å². The first-order chi connectivity index (χ1) is 7.22. The molecule has 82 valence electrons. The average Bonchev–Trinajstić information content (AvgIpc) is 2.25. The predicted octanol–water partition coefficient (Wildman–Crippen LogP) is 1.23. The molecular weight excluding hydrogens is 196 g/mol. The zero-order chi connectivity index (χ0) is 11.1. The smallest absolute Gasteiger partial charge is 0.151 e. The highest BCUT2D eigenvalue weighted by Gasteiger charge is 1.96. The Bertz CT molecular complexity index is 292. The summed E-state index contributed by atoms with van der Waals surface area (Å²) in [4.78, 5) is 10.4. The van der Waals surface area contributed by atoms with Crippen molar-refractivity contribution in [2.24, 2.45) is 0 Å². The lowest BCUT2D eigenvalue weighted by Crippen LogP contribution is -2.13. The van der Waals surface area contributed by atoms with Gasteiger partial charge in [-0.1, -0.05) is 0 Å². The van der Waals surface area contributed by atoms with Crippen molar-refractivity contribution in [3.05, 3.63) is 29.8 Å². The van der Waals surface area contributed by atoms with Crippen molar-refractivity contribution in [2.75, 3.05) is 13.2 Å². The van der Waals surface area contributed by atoms with Crippen LogP contribution < -0.4 is 4.74 Å². The van der Waals surface area contributed by atoms with Crippen molar-refractivity contribution in [2.45, 2.75) is 13.2 Å². The van der Waals surface area contributed by atoms with Gasteiger partial charge in [-0.05, 0) is 31.2 Å². The maximum atomic E-state index is 10.4. The number of aliphatic hydroxyl groups excluding tert-OH is 1. The SMILES string of the molecule is CC(O)OCCOc1ccc(C=O)cc1. The standard InChI is InChI=1S/C11H14O4/c1-9(13)14-6-7-15-11-4-2-10(8-12)3-5-11/h2-5,8-9,13H,6-7H2,1H3. The van der Waals surface area contributed by atoms with Crippen molar-refractivity contribution in [1.82, 2.24) is 0 Å². The maximum absolute atomic E-state index is 10.4. The van der Waals surface area contributed by atoms with Crippen LogP contribution in [-0.2, 0) is 4.74 Å². The van der Waals surface area contributed by atoms with Gasteiger partial charge in [-0.3, -0.25) is 4.79 Å². The lowest BCUT2D eigenvalue weighted by Gasteiger charge is -2.08. The van der Waals surface area contributed by atoms with Crippen LogP contribution in [0.15, 0.2) is 24.3 Å². The van der Waals surface area contributed by atoms with E-state index >= 15 is 0 Å². The van der Waals surface area contributed by atoms with Crippen LogP contribution in [0, 0.1) is 0 Å². The zero-order valence-corrected chi connectivity index (χ0v) is 8.55. The monoisotopic (exact) mass is 210 g/mol. The summed E-state index contributed by atoms with van der Waals surface area (Å²) in [5.74, 6) is 0.676. The number of carbonyl (C=O) groups is 1. The Morgan fingerprint density at radius 2 is 2.00 bits per heavy atom. The number of rotatable bonds is 6. The number of aldehydes is 1. The van der Waals surface area contributed by atoms with Gasteiger partial charge in [-0.25, -0.2) is 0 Å². The highest BCUT2D eigenvalue weighted by atomic mass is 16.6. The Labute approximate surface area is 88.4 Å². The van der Waals surface area contributed by atoms with E-state index in [-0.39, 0.29) is 0 Å². The molecule has 4 heteroatoms. The van der Waals surface area contributed by atoms with Gasteiger partial charge in [0.25, 0.3) is 0 Å². The van der Waals surface area contributed by atoms with Gasteiger partial charge in [0.05, 0.1) is 6.61 Å². The van der Waals surface area contributed by atoms with E-state index in [1.165, 1.54) is 0 Å². The minimum Gasteiger partial charge on any atom is -0.491 e. The highest BCUT2D eigenvalue weighted by Crippen LogP contribution is 2.10. The van der Waals surface area contributed by atoms with Crippen LogP contribution in [0.5, 0.6) is 5.75 Å². The first kappa shape index (κ1) is 11.7. The Hall–Kier alpha value is -1.39. The van der Waals surface area contributed by atoms with Crippen molar-refractivity contribution >= 4 is 6.29 Å². The molecule has 1 aromatic carbocycles. The summed E-state index contributed by atoms with van der Waals surface area (Å²) in [7, 11) is 0. The fraction of sp³-hybridized carbons (Fsp3) is 0.364. The molecule has 0 saturated heterocycles. The van der Waals surface area contributed by atoms with E-state index in [0.29, 0.717) is 24.5 Å². The lowest BCUT2D eigenvalue weighted by atomic mass is 10.2. The summed E-state index contributed by atoms with van der Waals surface area (Å²) >= 11 is 0. The van der Waals surface area contributed by atoms with Crippen LogP contribution in [0.2, 0.25) is 0 Å². The van der Waals surface area contributed by atoms with Crippen LogP contribution in [0.4, 0.5) is 0 Å². The molecule has 0 fully saturated rings. The fourth-order valence-electron chi connectivity index (χ4n) is 1.02. The molecule has 0 aliphatic heterocycles. The van der Waals surface area contributed by atoms with Gasteiger partial charge in [-0.15, -0.1) is 0 Å². The number of ether oxygens (including phenoxy) is 2. The molecule has 0 saturated carbocycles. The van der Waals surface area contributed by atoms with Crippen molar-refractivity contribution in [1.29, 1.82) is 0 Å². The van der Waals surface area contributed by atoms with E-state index < -0.39 is 6.29 Å². The van der Waals surface area contributed by atoms with Crippen LogP contribution in [0.3, 0.4) is 0 Å². The first-order valence-corrected chi connectivity index (χ1v) is 4.70. The molecule has 15 heavy (non-hydrogen) atoms. The van der Waals surface area contributed by atoms with E-state index in [0.717, 1.165) is 6.29 Å². The molecule has 1 N–H and O–H groups in total. The Morgan fingerprint density at radius 3 is 2.53 bits per heavy atom. The predicted molar refractivity (Wildman–Crippen MR) is 55.0 cm³/mol. The molecule has 0 aromatic heterocycles. The summed E-state index contributed by atoms with van der Waals surface area (Å²) in [6.45, 7) is 2.23. The van der Waals surface area contributed by atoms with Crippen molar-refractivity contribution < 1.29 is 19.4 Å². The van der Waals surface area contributed by atoms with E-state index in [2.05, 4.69) is 0 Å². The normalized spacial score (nSPS) is 12.1. The Kier molecular flexibility index (Phi) is 4.80. The number of benzene rings is 1. The summed E-state index contributed by atoms with van der Waals surface area (Å²) in [6, 6.07) is 6.79. The second-order valence-corrected chi connectivity index (χ2v) is 3.01. The van der Waals surface area contributed by atoms with Crippen LogP contribution in [0.25, 0.3) is 0 Å². The van der Waals surface area contributed by atoms with Gasteiger partial charge in [0.1, 0.15) is 18.6 Å². The Balaban J connectivity index is 2.28. The van der Waals surface area contributed by atoms with E-state index in [1.54, 1.807) is 31.2 Å². The maximum Gasteiger partial charge on any atom is 0.151 e. The molecule has 0 heterocycles. The quantitative estimate of drug-likeness (QED) is 0.436. The third kappa shape index (κ3) is 4.58. The second-order valence-electron chi connectivity index (χ2n) is 3.01. The topological polar surface area (TPSA) is 55.8 Å². The van der Waals surface area contributed by atoms with E-state index in [9.17, 15) is 4.79 Å². The number of hydrogen-bond acceptors (Lipinski definition) is 4. The molecule has 0 aliphatic carbocycles. The lowest BCUT2D eigenvalue weighted by molar-refractivity contribution is -0.0913. The largest absolute Gasteiger partial charge is 0.491 e. The molecule has 0 aliphatic rings. The number of carbonyl (C=O) groups excluding carboxylic acids is 1. The average molecular weight is 210 g/mol. The van der Waals surface area contributed by atoms with Gasteiger partial charge in [0.2, 0.25) is 0 Å². The van der Waals surface area contributed by atoms with Gasteiger partial charge in [-0.2, -0.15) is 0 Å². The molecule has 1 atom stereocenters. The summed E-state index contributed by atoms with van der Waals surface area (Å²) in [5, 5.41) is 8.80. The minimum absolute atomic E-state index is 0.326. The van der Waals surface area contributed by atoms with Crippen molar-refractivity contribution in [3.63, 3.8) is 0 Å². The summed E-state index contributed by atoms with van der Waals surface area (Å²) in [6.07, 6.45) is 0.00592. The third-order valence-electron chi connectivity index (χ3n) is 1.73. The number of hydrogen-bond donors (Lipinski definition) is 1. The molecular formula is C11H14O4. The molecule has 1 aromatic rings. The highest BCUT2D eigenvalue weighted by molar-refractivity contribution is 5.74. The Morgan fingerprint density at radius 1 is 1.33 bits per heavy atom. The van der Waals surface area contributed by atoms with E-state index in [4.69, 9.17) is 14.6 Å². The molecule has 0 radical (unpaired) electrons. The molecule has 0 spiro atoms. The summed E-state index contributed by atoms with van der Waals surface area (Å²) < 4.78 is 10.2. The third-order valence-corrected chi connectivity index (χ3v) is 1.73. The zero-order valence-electron chi connectivity index (χ0n) is 8.55. The van der Waals surface area contributed by atoms with Crippen molar-refractivity contribution in [3.8, 4) is 5.75 Å². The first-order valence-electron chi connectivity index (χ1n) is 4.70. The number of aliphatic hydroxyl groups is 1. The second kappa shape index (κ2) is 6.16. The van der Waals surface area contributed by atoms with E-state index in [1.807, 2.05) is 0 Å². The molecule has 1 rings (SSSR count). The van der Waals surface area contributed by atoms with Crippen LogP contribution >= 0.6 is 0 Å². The van der Waals surface area contributed by atoms with Gasteiger partial charge in [0, 0.05) is 5.56 Å².